The Bertz CT molecular complexity index is 1530. The molecule has 0 saturated heterocycles. The van der Waals surface area contributed by atoms with Crippen LogP contribution in [-0.2, 0) is 15.3 Å². The largest absolute Gasteiger partial charge is 0.503 e. The molecule has 0 aliphatic carbocycles. The van der Waals surface area contributed by atoms with Gasteiger partial charge in [0.05, 0.1) is 11.6 Å². The van der Waals surface area contributed by atoms with Gasteiger partial charge in [0, 0.05) is 5.75 Å². The fourth-order valence-electron chi connectivity index (χ4n) is 4.03. The molecule has 1 atom stereocenters. The lowest BCUT2D eigenvalue weighted by Crippen LogP contribution is -2.30. The highest BCUT2D eigenvalue weighted by Gasteiger charge is 2.45. The van der Waals surface area contributed by atoms with Gasteiger partial charge >= 0.3 is 0 Å². The number of allylic oxidation sites excluding steroid dienone is 1. The van der Waals surface area contributed by atoms with Crippen LogP contribution in [0.5, 0.6) is 0 Å². The Labute approximate surface area is 227 Å². The summed E-state index contributed by atoms with van der Waals surface area (Å²) in [6.45, 7) is 1.94. The molecule has 1 amide bonds. The molecule has 0 radical (unpaired) electrons. The number of ketones is 1. The molecule has 1 aliphatic heterocycles. The van der Waals surface area contributed by atoms with Crippen LogP contribution in [-0.4, -0.2) is 27.0 Å². The second kappa shape index (κ2) is 11.1. The standard InChI is InChI=1S/C29H22FN3O3S2/c1-18-7-12-21(13-8-18)25-24(23(34)16-11-19-5-3-2-4-6-19)26(35)27(36)33(25)28-31-32-29(38-28)37-17-20-9-14-22(30)15-10-20/h2-16,25,35H,17H2,1H3. The average molecular weight is 544 g/mol. The zero-order chi connectivity index (χ0) is 26.6. The molecule has 38 heavy (non-hydrogen) atoms. The summed E-state index contributed by atoms with van der Waals surface area (Å²) in [5, 5.41) is 19.6. The second-order valence-electron chi connectivity index (χ2n) is 8.62. The van der Waals surface area contributed by atoms with Crippen molar-refractivity contribution < 1.29 is 19.1 Å². The number of halogens is 1. The van der Waals surface area contributed by atoms with Crippen LogP contribution in [0.3, 0.4) is 0 Å². The number of anilines is 1. The number of benzene rings is 3. The van der Waals surface area contributed by atoms with E-state index < -0.39 is 23.5 Å². The van der Waals surface area contributed by atoms with E-state index in [9.17, 15) is 19.1 Å². The van der Waals surface area contributed by atoms with E-state index in [1.165, 1.54) is 46.2 Å². The number of thioether (sulfide) groups is 1. The first kappa shape index (κ1) is 25.6. The summed E-state index contributed by atoms with van der Waals surface area (Å²) in [6, 6.07) is 22.1. The Morgan fingerprint density at radius 3 is 2.47 bits per heavy atom. The molecule has 1 unspecified atom stereocenters. The predicted octanol–water partition coefficient (Wildman–Crippen LogP) is 6.46. The van der Waals surface area contributed by atoms with Crippen molar-refractivity contribution in [3.05, 3.63) is 124 Å². The van der Waals surface area contributed by atoms with Gasteiger partial charge in [-0.05, 0) is 41.8 Å². The number of aliphatic hydroxyl groups excluding tert-OH is 1. The number of aliphatic hydroxyl groups is 1. The summed E-state index contributed by atoms with van der Waals surface area (Å²) in [6.07, 6.45) is 3.01. The van der Waals surface area contributed by atoms with Crippen LogP contribution >= 0.6 is 23.1 Å². The normalized spacial score (nSPS) is 15.6. The first-order valence-electron chi connectivity index (χ1n) is 11.7. The van der Waals surface area contributed by atoms with Gasteiger partial charge in [0.15, 0.2) is 15.9 Å². The van der Waals surface area contributed by atoms with E-state index in [-0.39, 0.29) is 16.5 Å². The van der Waals surface area contributed by atoms with Gasteiger partial charge in [0.1, 0.15) is 5.82 Å². The van der Waals surface area contributed by atoms with Crippen LogP contribution in [0.4, 0.5) is 9.52 Å². The lowest BCUT2D eigenvalue weighted by atomic mass is 9.95. The maximum Gasteiger partial charge on any atom is 0.296 e. The summed E-state index contributed by atoms with van der Waals surface area (Å²) >= 11 is 2.59. The van der Waals surface area contributed by atoms with Crippen LogP contribution in [0.1, 0.15) is 28.3 Å². The number of nitrogens with zero attached hydrogens (tertiary/aromatic N) is 3. The average Bonchev–Trinajstić information content (AvgIpc) is 3.50. The molecule has 6 nitrogen and oxygen atoms in total. The second-order valence-corrected chi connectivity index (χ2v) is 10.8. The minimum Gasteiger partial charge on any atom is -0.503 e. The third-order valence-electron chi connectivity index (χ3n) is 5.97. The number of aryl methyl sites for hydroxylation is 1. The molecule has 4 aromatic rings. The monoisotopic (exact) mass is 543 g/mol. The maximum absolute atomic E-state index is 13.3. The fourth-order valence-corrected chi connectivity index (χ4v) is 5.85. The summed E-state index contributed by atoms with van der Waals surface area (Å²) in [5.41, 5.74) is 3.41. The molecular formula is C29H22FN3O3S2. The Balaban J connectivity index is 1.45. The van der Waals surface area contributed by atoms with Crippen molar-refractivity contribution in [1.29, 1.82) is 0 Å². The minimum absolute atomic E-state index is 0.0123. The summed E-state index contributed by atoms with van der Waals surface area (Å²) in [4.78, 5) is 28.0. The van der Waals surface area contributed by atoms with Gasteiger partial charge in [-0.3, -0.25) is 14.5 Å². The quantitative estimate of drug-likeness (QED) is 0.156. The van der Waals surface area contributed by atoms with Gasteiger partial charge in [0.25, 0.3) is 5.91 Å². The molecule has 190 valence electrons. The van der Waals surface area contributed by atoms with Crippen molar-refractivity contribution in [3.8, 4) is 0 Å². The highest BCUT2D eigenvalue weighted by molar-refractivity contribution is 8.00. The van der Waals surface area contributed by atoms with E-state index >= 15 is 0 Å². The summed E-state index contributed by atoms with van der Waals surface area (Å²) in [5.74, 6) is -1.54. The number of hydrogen-bond donors (Lipinski definition) is 1. The van der Waals surface area contributed by atoms with Gasteiger partial charge < -0.3 is 5.11 Å². The number of hydrogen-bond acceptors (Lipinski definition) is 7. The number of amides is 1. The SMILES string of the molecule is Cc1ccc(C2C(C(=O)C=Cc3ccccc3)=C(O)C(=O)N2c2nnc(SCc3ccc(F)cc3)s2)cc1. The Morgan fingerprint density at radius 2 is 1.76 bits per heavy atom. The third kappa shape index (κ3) is 5.44. The number of carbonyl (C=O) groups excluding carboxylic acids is 2. The van der Waals surface area contributed by atoms with Crippen molar-refractivity contribution in [2.45, 2.75) is 23.1 Å². The van der Waals surface area contributed by atoms with Crippen LogP contribution in [0.25, 0.3) is 6.08 Å². The number of carbonyl (C=O) groups is 2. The molecule has 2 heterocycles. The van der Waals surface area contributed by atoms with Gasteiger partial charge in [0.2, 0.25) is 5.13 Å². The van der Waals surface area contributed by atoms with Crippen molar-refractivity contribution in [1.82, 2.24) is 10.2 Å². The molecule has 1 N–H and O–H groups in total. The lowest BCUT2D eigenvalue weighted by molar-refractivity contribution is -0.117. The Hall–Kier alpha value is -4.08. The third-order valence-corrected chi connectivity index (χ3v) is 8.10. The Morgan fingerprint density at radius 1 is 1.05 bits per heavy atom. The molecule has 0 spiro atoms. The molecule has 9 heteroatoms. The first-order chi connectivity index (χ1) is 18.4. The van der Waals surface area contributed by atoms with Crippen LogP contribution in [0.2, 0.25) is 0 Å². The van der Waals surface area contributed by atoms with Crippen molar-refractivity contribution in [3.63, 3.8) is 0 Å². The zero-order valence-corrected chi connectivity index (χ0v) is 21.9. The van der Waals surface area contributed by atoms with Crippen LogP contribution < -0.4 is 4.90 Å². The molecule has 5 rings (SSSR count). The van der Waals surface area contributed by atoms with Crippen LogP contribution in [0.15, 0.2) is 101 Å². The molecule has 0 saturated carbocycles. The highest BCUT2D eigenvalue weighted by Crippen LogP contribution is 2.43. The highest BCUT2D eigenvalue weighted by atomic mass is 32.2. The summed E-state index contributed by atoms with van der Waals surface area (Å²) in [7, 11) is 0. The molecule has 0 fully saturated rings. The zero-order valence-electron chi connectivity index (χ0n) is 20.2. The topological polar surface area (TPSA) is 83.4 Å². The van der Waals surface area contributed by atoms with Gasteiger partial charge in [-0.25, -0.2) is 4.39 Å². The van der Waals surface area contributed by atoms with Crippen molar-refractivity contribution in [2.24, 2.45) is 0 Å². The van der Waals surface area contributed by atoms with Crippen molar-refractivity contribution in [2.75, 3.05) is 4.90 Å². The number of rotatable bonds is 8. The minimum atomic E-state index is -0.862. The van der Waals surface area contributed by atoms with E-state index in [0.717, 1.165) is 16.7 Å². The molecular weight excluding hydrogens is 521 g/mol. The van der Waals surface area contributed by atoms with Gasteiger partial charge in [-0.1, -0.05) is 101 Å². The van der Waals surface area contributed by atoms with E-state index in [1.807, 2.05) is 61.5 Å². The maximum atomic E-state index is 13.3. The molecule has 1 aliphatic rings. The predicted molar refractivity (Wildman–Crippen MR) is 147 cm³/mol. The van der Waals surface area contributed by atoms with E-state index in [2.05, 4.69) is 10.2 Å². The molecule has 1 aromatic heterocycles. The lowest BCUT2D eigenvalue weighted by Gasteiger charge is -2.23. The van der Waals surface area contributed by atoms with Crippen LogP contribution in [0, 0.1) is 12.7 Å². The Kier molecular flexibility index (Phi) is 7.48. The van der Waals surface area contributed by atoms with Gasteiger partial charge in [-0.2, -0.15) is 0 Å². The molecule has 0 bridgehead atoms. The number of aromatic nitrogens is 2. The smallest absolute Gasteiger partial charge is 0.296 e. The first-order valence-corrected chi connectivity index (χ1v) is 13.5. The van der Waals surface area contributed by atoms with Gasteiger partial charge in [-0.15, -0.1) is 10.2 Å². The molecule has 3 aromatic carbocycles. The van der Waals surface area contributed by atoms with E-state index in [4.69, 9.17) is 0 Å². The fraction of sp³-hybridized carbons (Fsp3) is 0.103. The summed E-state index contributed by atoms with van der Waals surface area (Å²) < 4.78 is 13.8. The van der Waals surface area contributed by atoms with Crippen molar-refractivity contribution >= 4 is 46.0 Å². The van der Waals surface area contributed by atoms with E-state index in [0.29, 0.717) is 15.7 Å². The van der Waals surface area contributed by atoms with E-state index in [1.54, 1.807) is 18.2 Å².